The number of carboxylic acids is 1. The molecular weight excluding hydrogens is 381 g/mol. The zero-order chi connectivity index (χ0) is 21.0. The number of urea groups is 1. The van der Waals surface area contributed by atoms with E-state index in [-0.39, 0.29) is 18.5 Å². The first kappa shape index (κ1) is 20.0. The van der Waals surface area contributed by atoms with Crippen LogP contribution in [0.25, 0.3) is 0 Å². The molecule has 1 unspecified atom stereocenters. The van der Waals surface area contributed by atoms with Gasteiger partial charge in [0.15, 0.2) is 0 Å². The number of rotatable bonds is 7. The van der Waals surface area contributed by atoms with Gasteiger partial charge in [-0.05, 0) is 30.2 Å². The minimum absolute atomic E-state index is 0.168. The molecule has 0 aromatic heterocycles. The molecular formula is C20H18FN3O5. The Morgan fingerprint density at radius 2 is 1.83 bits per heavy atom. The lowest BCUT2D eigenvalue weighted by Crippen LogP contribution is -2.45. The van der Waals surface area contributed by atoms with Gasteiger partial charge in [-0.1, -0.05) is 36.4 Å². The summed E-state index contributed by atoms with van der Waals surface area (Å²) in [4.78, 5) is 49.7. The lowest BCUT2D eigenvalue weighted by atomic mass is 9.85. The van der Waals surface area contributed by atoms with E-state index in [4.69, 9.17) is 5.11 Å². The maximum atomic E-state index is 13.3. The maximum absolute atomic E-state index is 13.3. The summed E-state index contributed by atoms with van der Waals surface area (Å²) in [5.74, 6) is -3.08. The van der Waals surface area contributed by atoms with Gasteiger partial charge in [-0.15, -0.1) is 0 Å². The second kappa shape index (κ2) is 8.09. The van der Waals surface area contributed by atoms with Crippen molar-refractivity contribution >= 4 is 29.5 Å². The summed E-state index contributed by atoms with van der Waals surface area (Å²) in [5.41, 5.74) is -0.967. The molecule has 3 rings (SSSR count). The maximum Gasteiger partial charge on any atom is 0.325 e. The van der Waals surface area contributed by atoms with Crippen LogP contribution in [0.2, 0.25) is 0 Å². The number of hydrogen-bond donors (Lipinski definition) is 3. The molecule has 150 valence electrons. The normalized spacial score (nSPS) is 18.4. The van der Waals surface area contributed by atoms with Crippen LogP contribution in [0.1, 0.15) is 18.4 Å². The minimum Gasteiger partial charge on any atom is -0.481 e. The van der Waals surface area contributed by atoms with Crippen LogP contribution in [0.4, 0.5) is 14.9 Å². The molecule has 1 saturated heterocycles. The number of amides is 4. The van der Waals surface area contributed by atoms with E-state index in [1.54, 1.807) is 30.3 Å². The molecule has 1 aliphatic heterocycles. The predicted octanol–water partition coefficient (Wildman–Crippen LogP) is 2.08. The molecule has 2 aromatic carbocycles. The van der Waals surface area contributed by atoms with Gasteiger partial charge in [0.05, 0.1) is 0 Å². The van der Waals surface area contributed by atoms with Crippen molar-refractivity contribution in [3.63, 3.8) is 0 Å². The molecule has 9 heteroatoms. The van der Waals surface area contributed by atoms with Gasteiger partial charge in [-0.25, -0.2) is 9.18 Å². The van der Waals surface area contributed by atoms with E-state index in [9.17, 15) is 23.6 Å². The lowest BCUT2D eigenvalue weighted by molar-refractivity contribution is -0.138. The fourth-order valence-corrected chi connectivity index (χ4v) is 3.21. The SMILES string of the molecule is O=C(O)CCC1(c2ccccc2)NC(=O)N(CC(=O)Nc2cccc(F)c2)C1=O. The third kappa shape index (κ3) is 4.23. The number of imide groups is 1. The molecule has 0 spiro atoms. The number of carbonyl (C=O) groups excluding carboxylic acids is 3. The van der Waals surface area contributed by atoms with Crippen LogP contribution in [0.5, 0.6) is 0 Å². The monoisotopic (exact) mass is 399 g/mol. The van der Waals surface area contributed by atoms with Crippen LogP contribution in [-0.2, 0) is 19.9 Å². The largest absolute Gasteiger partial charge is 0.481 e. The molecule has 0 bridgehead atoms. The minimum atomic E-state index is -1.57. The number of benzene rings is 2. The molecule has 0 saturated carbocycles. The topological polar surface area (TPSA) is 116 Å². The molecule has 4 amide bonds. The molecule has 0 radical (unpaired) electrons. The van der Waals surface area contributed by atoms with Crippen LogP contribution in [-0.4, -0.2) is 40.4 Å². The fraction of sp³-hybridized carbons (Fsp3) is 0.200. The molecule has 1 heterocycles. The van der Waals surface area contributed by atoms with Crippen molar-refractivity contribution in [1.29, 1.82) is 0 Å². The number of halogens is 1. The van der Waals surface area contributed by atoms with Crippen molar-refractivity contribution < 1.29 is 28.7 Å². The smallest absolute Gasteiger partial charge is 0.325 e. The van der Waals surface area contributed by atoms with E-state index in [0.29, 0.717) is 5.56 Å². The summed E-state index contributed by atoms with van der Waals surface area (Å²) in [7, 11) is 0. The molecule has 1 atom stereocenters. The Balaban J connectivity index is 1.82. The average molecular weight is 399 g/mol. The summed E-state index contributed by atoms with van der Waals surface area (Å²) in [5, 5.41) is 14.0. The number of nitrogens with one attached hydrogen (secondary N) is 2. The Labute approximate surface area is 165 Å². The molecule has 0 aliphatic carbocycles. The quantitative estimate of drug-likeness (QED) is 0.617. The molecule has 2 aromatic rings. The van der Waals surface area contributed by atoms with Crippen LogP contribution >= 0.6 is 0 Å². The summed E-state index contributed by atoms with van der Waals surface area (Å²) in [6, 6.07) is 12.6. The van der Waals surface area contributed by atoms with Gasteiger partial charge >= 0.3 is 12.0 Å². The van der Waals surface area contributed by atoms with Crippen LogP contribution in [0.3, 0.4) is 0 Å². The molecule has 29 heavy (non-hydrogen) atoms. The average Bonchev–Trinajstić information content (AvgIpc) is 2.92. The number of aliphatic carboxylic acids is 1. The second-order valence-corrected chi connectivity index (χ2v) is 6.55. The third-order valence-electron chi connectivity index (χ3n) is 4.57. The molecule has 1 aliphatic rings. The Morgan fingerprint density at radius 3 is 2.48 bits per heavy atom. The molecule has 8 nitrogen and oxygen atoms in total. The van der Waals surface area contributed by atoms with Crippen molar-refractivity contribution in [1.82, 2.24) is 10.2 Å². The van der Waals surface area contributed by atoms with Crippen LogP contribution in [0, 0.1) is 5.82 Å². The van der Waals surface area contributed by atoms with Crippen molar-refractivity contribution in [2.45, 2.75) is 18.4 Å². The zero-order valence-electron chi connectivity index (χ0n) is 15.2. The summed E-state index contributed by atoms with van der Waals surface area (Å²) >= 11 is 0. The van der Waals surface area contributed by atoms with E-state index in [0.717, 1.165) is 11.0 Å². The summed E-state index contributed by atoms with van der Waals surface area (Å²) < 4.78 is 13.3. The highest BCUT2D eigenvalue weighted by molar-refractivity contribution is 6.10. The van der Waals surface area contributed by atoms with Crippen molar-refractivity contribution in [3.05, 3.63) is 66.0 Å². The van der Waals surface area contributed by atoms with E-state index in [1.165, 1.54) is 18.2 Å². The van der Waals surface area contributed by atoms with Gasteiger partial charge in [0.1, 0.15) is 17.9 Å². The molecule has 3 N–H and O–H groups in total. The Kier molecular flexibility index (Phi) is 5.58. The predicted molar refractivity (Wildman–Crippen MR) is 100 cm³/mol. The Morgan fingerprint density at radius 1 is 1.10 bits per heavy atom. The van der Waals surface area contributed by atoms with Crippen LogP contribution in [0.15, 0.2) is 54.6 Å². The third-order valence-corrected chi connectivity index (χ3v) is 4.57. The summed E-state index contributed by atoms with van der Waals surface area (Å²) in [6.07, 6.45) is -0.525. The highest BCUT2D eigenvalue weighted by Gasteiger charge is 2.52. The van der Waals surface area contributed by atoms with Gasteiger partial charge in [-0.3, -0.25) is 19.3 Å². The lowest BCUT2D eigenvalue weighted by Gasteiger charge is -2.26. The number of hydrogen-bond acceptors (Lipinski definition) is 4. The second-order valence-electron chi connectivity index (χ2n) is 6.55. The van der Waals surface area contributed by atoms with Crippen molar-refractivity contribution in [2.75, 3.05) is 11.9 Å². The Bertz CT molecular complexity index is 966. The summed E-state index contributed by atoms with van der Waals surface area (Å²) in [6.45, 7) is -0.594. The first-order chi connectivity index (χ1) is 13.8. The number of carboxylic acid groups (broad SMARTS) is 1. The fourth-order valence-electron chi connectivity index (χ4n) is 3.21. The first-order valence-electron chi connectivity index (χ1n) is 8.79. The van der Waals surface area contributed by atoms with E-state index in [1.807, 2.05) is 0 Å². The van der Waals surface area contributed by atoms with Crippen molar-refractivity contribution in [3.8, 4) is 0 Å². The van der Waals surface area contributed by atoms with E-state index < -0.39 is 41.7 Å². The first-order valence-corrected chi connectivity index (χ1v) is 8.79. The van der Waals surface area contributed by atoms with Crippen molar-refractivity contribution in [2.24, 2.45) is 0 Å². The Hall–Kier alpha value is -3.75. The van der Waals surface area contributed by atoms with Gasteiger partial charge in [-0.2, -0.15) is 0 Å². The van der Waals surface area contributed by atoms with E-state index in [2.05, 4.69) is 10.6 Å². The zero-order valence-corrected chi connectivity index (χ0v) is 15.2. The van der Waals surface area contributed by atoms with Gasteiger partial charge < -0.3 is 15.7 Å². The highest BCUT2D eigenvalue weighted by atomic mass is 19.1. The molecule has 1 fully saturated rings. The van der Waals surface area contributed by atoms with Gasteiger partial charge in [0.25, 0.3) is 5.91 Å². The van der Waals surface area contributed by atoms with E-state index >= 15 is 0 Å². The number of anilines is 1. The van der Waals surface area contributed by atoms with Gasteiger partial charge in [0, 0.05) is 12.1 Å². The van der Waals surface area contributed by atoms with Gasteiger partial charge in [0.2, 0.25) is 5.91 Å². The van der Waals surface area contributed by atoms with Crippen LogP contribution < -0.4 is 10.6 Å². The highest BCUT2D eigenvalue weighted by Crippen LogP contribution is 2.33. The number of carbonyl (C=O) groups is 4. The number of nitrogens with zero attached hydrogens (tertiary/aromatic N) is 1. The standard InChI is InChI=1S/C20H18FN3O5/c21-14-7-4-8-15(11-14)22-16(25)12-24-18(28)20(23-19(24)29,10-9-17(26)27)13-5-2-1-3-6-13/h1-8,11H,9-10,12H2,(H,22,25)(H,23,29)(H,26,27).